The van der Waals surface area contributed by atoms with Crippen LogP contribution in [0.15, 0.2) is 72.8 Å². The van der Waals surface area contributed by atoms with Crippen molar-refractivity contribution in [3.63, 3.8) is 0 Å². The largest absolute Gasteiger partial charge is 0.345 e. The fourth-order valence-corrected chi connectivity index (χ4v) is 4.90. The summed E-state index contributed by atoms with van der Waals surface area (Å²) in [5.74, 6) is -0.803. The van der Waals surface area contributed by atoms with Crippen LogP contribution in [0.3, 0.4) is 0 Å². The number of para-hydroxylation sites is 1. The Hall–Kier alpha value is -2.54. The second-order valence-electron chi connectivity index (χ2n) is 6.71. The molecule has 0 radical (unpaired) electrons. The molecule has 156 valence electrons. The minimum Gasteiger partial charge on any atom is -0.345 e. The monoisotopic (exact) mass is 462 g/mol. The summed E-state index contributed by atoms with van der Waals surface area (Å²) in [6.07, 6.45) is 0. The Labute approximate surface area is 186 Å². The number of hydrogen-bond donors (Lipinski definition) is 2. The van der Waals surface area contributed by atoms with E-state index in [2.05, 4.69) is 10.0 Å². The highest BCUT2D eigenvalue weighted by Crippen LogP contribution is 2.27. The highest BCUT2D eigenvalue weighted by Gasteiger charge is 2.20. The maximum absolute atomic E-state index is 12.8. The lowest BCUT2D eigenvalue weighted by atomic mass is 10.1. The smallest absolute Gasteiger partial charge is 0.253 e. The highest BCUT2D eigenvalue weighted by molar-refractivity contribution is 7.91. The van der Waals surface area contributed by atoms with E-state index < -0.39 is 15.8 Å². The predicted octanol–water partition coefficient (Wildman–Crippen LogP) is 5.43. The Morgan fingerprint density at radius 3 is 2.17 bits per heavy atom. The van der Waals surface area contributed by atoms with Crippen LogP contribution in [0.4, 0.5) is 5.69 Å². The molecule has 30 heavy (non-hydrogen) atoms. The average molecular weight is 463 g/mol. The van der Waals surface area contributed by atoms with Gasteiger partial charge in [0.15, 0.2) is 0 Å². The van der Waals surface area contributed by atoms with Crippen LogP contribution in [0.25, 0.3) is 0 Å². The molecule has 0 spiro atoms. The molecule has 3 rings (SSSR count). The molecule has 0 aliphatic rings. The van der Waals surface area contributed by atoms with Crippen molar-refractivity contribution in [2.75, 3.05) is 4.72 Å². The summed E-state index contributed by atoms with van der Waals surface area (Å²) >= 11 is 12.2. The number of nitrogens with one attached hydrogen (secondary N) is 2. The van der Waals surface area contributed by atoms with Crippen molar-refractivity contribution in [3.05, 3.63) is 99.5 Å². The molecule has 0 aliphatic heterocycles. The molecule has 0 aliphatic carbocycles. The first kappa shape index (κ1) is 22.2. The Morgan fingerprint density at radius 2 is 1.50 bits per heavy atom. The molecule has 0 fully saturated rings. The minimum atomic E-state index is -3.87. The van der Waals surface area contributed by atoms with E-state index in [-0.39, 0.29) is 33.2 Å². The van der Waals surface area contributed by atoms with E-state index in [0.717, 1.165) is 5.56 Å². The highest BCUT2D eigenvalue weighted by atomic mass is 35.5. The van der Waals surface area contributed by atoms with Crippen molar-refractivity contribution >= 4 is 44.8 Å². The summed E-state index contributed by atoms with van der Waals surface area (Å²) in [4.78, 5) is 12.8. The fraction of sp³-hybridized carbons (Fsp3) is 0.136. The van der Waals surface area contributed by atoms with Crippen molar-refractivity contribution in [1.82, 2.24) is 5.32 Å². The van der Waals surface area contributed by atoms with Crippen LogP contribution in [0.5, 0.6) is 0 Å². The molecule has 1 amide bonds. The zero-order chi connectivity index (χ0) is 21.7. The molecule has 1 atom stereocenters. The van der Waals surface area contributed by atoms with Gasteiger partial charge in [0.1, 0.15) is 0 Å². The van der Waals surface area contributed by atoms with Gasteiger partial charge in [-0.1, -0.05) is 71.7 Å². The van der Waals surface area contributed by atoms with Crippen molar-refractivity contribution in [2.45, 2.75) is 18.7 Å². The van der Waals surface area contributed by atoms with Crippen LogP contribution in [-0.4, -0.2) is 14.3 Å². The summed E-state index contributed by atoms with van der Waals surface area (Å²) in [6, 6.07) is 20.5. The van der Waals surface area contributed by atoms with Crippen molar-refractivity contribution < 1.29 is 13.2 Å². The van der Waals surface area contributed by atoms with Gasteiger partial charge in [-0.15, -0.1) is 0 Å². The Morgan fingerprint density at radius 1 is 0.900 bits per heavy atom. The SMILES string of the molecule is CC(NC(=O)c1ccccc1NS(=O)(=O)Cc1c(Cl)cccc1Cl)c1ccccc1. The molecule has 3 aromatic rings. The summed E-state index contributed by atoms with van der Waals surface area (Å²) in [5.41, 5.74) is 1.64. The summed E-state index contributed by atoms with van der Waals surface area (Å²) < 4.78 is 27.9. The topological polar surface area (TPSA) is 75.3 Å². The molecule has 0 aromatic heterocycles. The van der Waals surface area contributed by atoms with E-state index in [0.29, 0.717) is 5.56 Å². The van der Waals surface area contributed by atoms with Gasteiger partial charge in [0.25, 0.3) is 5.91 Å². The molecular weight excluding hydrogens is 443 g/mol. The molecule has 0 saturated carbocycles. The molecule has 0 saturated heterocycles. The molecule has 0 bridgehead atoms. The number of hydrogen-bond acceptors (Lipinski definition) is 3. The number of rotatable bonds is 7. The maximum atomic E-state index is 12.8. The van der Waals surface area contributed by atoms with E-state index in [1.54, 1.807) is 36.4 Å². The van der Waals surface area contributed by atoms with E-state index >= 15 is 0 Å². The van der Waals surface area contributed by atoms with Gasteiger partial charge in [-0.25, -0.2) is 8.42 Å². The second kappa shape index (κ2) is 9.51. The van der Waals surface area contributed by atoms with E-state index in [9.17, 15) is 13.2 Å². The van der Waals surface area contributed by atoms with E-state index in [1.807, 2.05) is 37.3 Å². The van der Waals surface area contributed by atoms with Gasteiger partial charge >= 0.3 is 0 Å². The molecule has 3 aromatic carbocycles. The number of halogens is 2. The number of carbonyl (C=O) groups excluding carboxylic acids is 1. The maximum Gasteiger partial charge on any atom is 0.253 e. The van der Waals surface area contributed by atoms with Crippen LogP contribution in [0.2, 0.25) is 10.0 Å². The second-order valence-corrected chi connectivity index (χ2v) is 9.25. The molecule has 1 unspecified atom stereocenters. The Balaban J connectivity index is 1.80. The summed E-state index contributed by atoms with van der Waals surface area (Å²) in [7, 11) is -3.87. The van der Waals surface area contributed by atoms with Gasteiger partial charge in [-0.2, -0.15) is 0 Å². The average Bonchev–Trinajstić information content (AvgIpc) is 2.71. The summed E-state index contributed by atoms with van der Waals surface area (Å²) in [5, 5.41) is 3.41. The normalized spacial score (nSPS) is 12.2. The third kappa shape index (κ3) is 5.53. The van der Waals surface area contributed by atoms with Crippen molar-refractivity contribution in [2.24, 2.45) is 0 Å². The lowest BCUT2D eigenvalue weighted by Gasteiger charge is -2.17. The van der Waals surface area contributed by atoms with Crippen molar-refractivity contribution in [3.8, 4) is 0 Å². The van der Waals surface area contributed by atoms with Gasteiger partial charge in [0, 0.05) is 15.6 Å². The van der Waals surface area contributed by atoms with Crippen molar-refractivity contribution in [1.29, 1.82) is 0 Å². The number of carbonyl (C=O) groups is 1. The molecule has 5 nitrogen and oxygen atoms in total. The van der Waals surface area contributed by atoms with Gasteiger partial charge in [-0.05, 0) is 36.8 Å². The summed E-state index contributed by atoms with van der Waals surface area (Å²) in [6.45, 7) is 1.86. The van der Waals surface area contributed by atoms with Gasteiger partial charge in [-0.3, -0.25) is 9.52 Å². The molecule has 8 heteroatoms. The third-order valence-corrected chi connectivity index (χ3v) is 6.39. The first-order valence-corrected chi connectivity index (χ1v) is 11.6. The van der Waals surface area contributed by atoms with Gasteiger partial charge in [0.05, 0.1) is 23.0 Å². The van der Waals surface area contributed by atoms with Gasteiger partial charge < -0.3 is 5.32 Å². The number of anilines is 1. The first-order valence-electron chi connectivity index (χ1n) is 9.15. The fourth-order valence-electron chi connectivity index (χ4n) is 2.93. The predicted molar refractivity (Wildman–Crippen MR) is 121 cm³/mol. The number of benzene rings is 3. The number of sulfonamides is 1. The lowest BCUT2D eigenvalue weighted by Crippen LogP contribution is -2.28. The quantitative estimate of drug-likeness (QED) is 0.491. The molecule has 0 heterocycles. The molecular formula is C22H20Cl2N2O3S. The Kier molecular flexibility index (Phi) is 7.02. The lowest BCUT2D eigenvalue weighted by molar-refractivity contribution is 0.0941. The Bertz CT molecular complexity index is 1130. The van der Waals surface area contributed by atoms with Crippen LogP contribution in [-0.2, 0) is 15.8 Å². The first-order chi connectivity index (χ1) is 14.3. The minimum absolute atomic E-state index is 0.179. The van der Waals surface area contributed by atoms with E-state index in [1.165, 1.54) is 6.07 Å². The van der Waals surface area contributed by atoms with E-state index in [4.69, 9.17) is 23.2 Å². The van der Waals surface area contributed by atoms with Gasteiger partial charge in [0.2, 0.25) is 10.0 Å². The van der Waals surface area contributed by atoms with Crippen LogP contribution in [0, 0.1) is 0 Å². The van der Waals surface area contributed by atoms with Crippen LogP contribution in [0.1, 0.15) is 34.5 Å². The zero-order valence-corrected chi connectivity index (χ0v) is 18.4. The standard InChI is InChI=1S/C22H20Cl2N2O3S/c1-15(16-8-3-2-4-9-16)25-22(27)17-10-5-6-13-21(17)26-30(28,29)14-18-19(23)11-7-12-20(18)24/h2-13,15,26H,14H2,1H3,(H,25,27). The van der Waals surface area contributed by atoms with Crippen LogP contribution >= 0.6 is 23.2 Å². The zero-order valence-electron chi connectivity index (χ0n) is 16.1. The molecule has 2 N–H and O–H groups in total. The number of amides is 1. The third-order valence-electron chi connectivity index (χ3n) is 4.48. The van der Waals surface area contributed by atoms with Crippen LogP contribution < -0.4 is 10.0 Å².